The zero-order valence-corrected chi connectivity index (χ0v) is 21.9. The molecule has 0 unspecified atom stereocenters. The summed E-state index contributed by atoms with van der Waals surface area (Å²) in [5.74, 6) is -4.03. The fourth-order valence-electron chi connectivity index (χ4n) is 5.28. The molecule has 8 nitrogen and oxygen atoms in total. The molecule has 1 atom stereocenters. The van der Waals surface area contributed by atoms with Crippen LogP contribution in [-0.2, 0) is 11.5 Å². The standard InChI is InChI=1S/C28H31F4N3O5/c1-39-19-2-3-23-20(14-19)25(17(15-29)16-33-23)24(36)4-5-28(27(37)34-38)6-8-35(9-7-28)10-11-40-26-21(31)12-18(30)13-22(26)32/h2-3,12-14,16,24,36,38H,4-11,15H2,1H3,(H,34,37)/t24-/m1/s1. The minimum atomic E-state index is -1.13. The number of ether oxygens (including phenoxy) is 2. The summed E-state index contributed by atoms with van der Waals surface area (Å²) in [6.45, 7) is 0.207. The van der Waals surface area contributed by atoms with Gasteiger partial charge < -0.3 is 14.6 Å². The summed E-state index contributed by atoms with van der Waals surface area (Å²) in [6, 6.07) is 6.19. The minimum Gasteiger partial charge on any atom is -0.497 e. The first kappa shape index (κ1) is 29.5. The number of benzene rings is 2. The summed E-state index contributed by atoms with van der Waals surface area (Å²) in [7, 11) is 1.50. The lowest BCUT2D eigenvalue weighted by atomic mass is 9.73. The van der Waals surface area contributed by atoms with Gasteiger partial charge in [-0.05, 0) is 62.5 Å². The molecule has 12 heteroatoms. The molecule has 1 fully saturated rings. The number of pyridine rings is 1. The number of likely N-dealkylation sites (tertiary alicyclic amines) is 1. The van der Waals surface area contributed by atoms with Crippen molar-refractivity contribution in [3.63, 3.8) is 0 Å². The number of hydrogen-bond donors (Lipinski definition) is 3. The van der Waals surface area contributed by atoms with E-state index in [4.69, 9.17) is 9.47 Å². The van der Waals surface area contributed by atoms with Crippen LogP contribution in [0.1, 0.15) is 42.9 Å². The molecular formula is C28H31F4N3O5. The fourth-order valence-corrected chi connectivity index (χ4v) is 5.28. The topological polar surface area (TPSA) is 104 Å². The van der Waals surface area contributed by atoms with Crippen LogP contribution < -0.4 is 15.0 Å². The molecule has 3 aromatic rings. The van der Waals surface area contributed by atoms with Crippen LogP contribution in [0.3, 0.4) is 0 Å². The van der Waals surface area contributed by atoms with Crippen LogP contribution in [0, 0.1) is 22.9 Å². The molecule has 4 rings (SSSR count). The van der Waals surface area contributed by atoms with Crippen LogP contribution in [0.15, 0.2) is 36.5 Å². The lowest BCUT2D eigenvalue weighted by Gasteiger charge is -2.40. The molecule has 1 aliphatic rings. The van der Waals surface area contributed by atoms with E-state index in [1.54, 1.807) is 23.7 Å². The number of fused-ring (bicyclic) bond motifs is 1. The van der Waals surface area contributed by atoms with Gasteiger partial charge in [-0.3, -0.25) is 19.9 Å². The number of aliphatic hydroxyl groups is 1. The number of rotatable bonds is 11. The molecule has 0 aliphatic carbocycles. The maximum Gasteiger partial charge on any atom is 0.249 e. The van der Waals surface area contributed by atoms with Crippen molar-refractivity contribution in [3.05, 3.63) is 65.1 Å². The van der Waals surface area contributed by atoms with Gasteiger partial charge in [0.15, 0.2) is 17.4 Å². The van der Waals surface area contributed by atoms with Gasteiger partial charge in [0, 0.05) is 35.8 Å². The number of hydrogen-bond acceptors (Lipinski definition) is 7. The summed E-state index contributed by atoms with van der Waals surface area (Å²) in [6.07, 6.45) is 1.24. The first-order chi connectivity index (χ1) is 19.2. The van der Waals surface area contributed by atoms with Crippen LogP contribution in [0.5, 0.6) is 11.5 Å². The summed E-state index contributed by atoms with van der Waals surface area (Å²) in [4.78, 5) is 19.0. The summed E-state index contributed by atoms with van der Waals surface area (Å²) < 4.78 is 65.1. The number of carbonyl (C=O) groups is 1. The molecule has 216 valence electrons. The average molecular weight is 566 g/mol. The number of halogens is 4. The van der Waals surface area contributed by atoms with Crippen molar-refractivity contribution in [3.8, 4) is 11.5 Å². The van der Waals surface area contributed by atoms with Gasteiger partial charge in [-0.25, -0.2) is 23.0 Å². The van der Waals surface area contributed by atoms with Gasteiger partial charge in [0.2, 0.25) is 5.91 Å². The van der Waals surface area contributed by atoms with Crippen LogP contribution in [0.4, 0.5) is 17.6 Å². The highest BCUT2D eigenvalue weighted by molar-refractivity contribution is 5.85. The van der Waals surface area contributed by atoms with Gasteiger partial charge in [-0.1, -0.05) is 0 Å². The molecule has 1 saturated heterocycles. The zero-order chi connectivity index (χ0) is 28.9. The first-order valence-electron chi connectivity index (χ1n) is 12.8. The smallest absolute Gasteiger partial charge is 0.249 e. The number of piperidine rings is 1. The quantitative estimate of drug-likeness (QED) is 0.177. The second-order valence-corrected chi connectivity index (χ2v) is 9.88. The Hall–Kier alpha value is -3.48. The third-order valence-electron chi connectivity index (χ3n) is 7.59. The number of nitrogens with zero attached hydrogens (tertiary/aromatic N) is 2. The number of alkyl halides is 1. The monoisotopic (exact) mass is 565 g/mol. The number of hydroxylamine groups is 1. The first-order valence-corrected chi connectivity index (χ1v) is 12.8. The highest BCUT2D eigenvalue weighted by Crippen LogP contribution is 2.40. The van der Waals surface area contributed by atoms with Crippen LogP contribution in [0.2, 0.25) is 0 Å². The van der Waals surface area contributed by atoms with Gasteiger partial charge in [-0.2, -0.15) is 0 Å². The molecule has 0 radical (unpaired) electrons. The van der Waals surface area contributed by atoms with Gasteiger partial charge in [0.05, 0.1) is 24.1 Å². The number of nitrogens with one attached hydrogen (secondary N) is 1. The van der Waals surface area contributed by atoms with Crippen molar-refractivity contribution in [2.45, 2.75) is 38.5 Å². The predicted octanol–water partition coefficient (Wildman–Crippen LogP) is 4.61. The van der Waals surface area contributed by atoms with Crippen molar-refractivity contribution in [1.82, 2.24) is 15.4 Å². The maximum atomic E-state index is 13.9. The van der Waals surface area contributed by atoms with Gasteiger partial charge >= 0.3 is 0 Å². The number of amides is 1. The normalized spacial score (nSPS) is 16.1. The minimum absolute atomic E-state index is 0.0675. The van der Waals surface area contributed by atoms with E-state index in [-0.39, 0.29) is 25.0 Å². The van der Waals surface area contributed by atoms with E-state index in [0.717, 1.165) is 0 Å². The average Bonchev–Trinajstić information content (AvgIpc) is 2.96. The van der Waals surface area contributed by atoms with Crippen LogP contribution in [-0.4, -0.2) is 59.5 Å². The van der Waals surface area contributed by atoms with Crippen molar-refractivity contribution in [1.29, 1.82) is 0 Å². The van der Waals surface area contributed by atoms with Crippen molar-refractivity contribution < 1.29 is 42.1 Å². The Bertz CT molecular complexity index is 1320. The van der Waals surface area contributed by atoms with Crippen LogP contribution in [0.25, 0.3) is 10.9 Å². The van der Waals surface area contributed by atoms with Gasteiger partial charge in [0.25, 0.3) is 0 Å². The lowest BCUT2D eigenvalue weighted by Crippen LogP contribution is -2.49. The van der Waals surface area contributed by atoms with E-state index in [1.165, 1.54) is 13.3 Å². The summed E-state index contributed by atoms with van der Waals surface area (Å²) in [5, 5.41) is 21.2. The third kappa shape index (κ3) is 6.29. The van der Waals surface area contributed by atoms with Gasteiger partial charge in [-0.15, -0.1) is 0 Å². The molecule has 0 saturated carbocycles. The lowest BCUT2D eigenvalue weighted by molar-refractivity contribution is -0.144. The molecule has 1 aromatic heterocycles. The molecule has 0 bridgehead atoms. The van der Waals surface area contributed by atoms with E-state index >= 15 is 0 Å². The molecule has 2 aromatic carbocycles. The van der Waals surface area contributed by atoms with E-state index in [1.807, 2.05) is 4.90 Å². The molecule has 1 aliphatic heterocycles. The Morgan fingerprint density at radius 1 is 1.18 bits per heavy atom. The van der Waals surface area contributed by atoms with Crippen molar-refractivity contribution >= 4 is 16.8 Å². The molecule has 0 spiro atoms. The van der Waals surface area contributed by atoms with Crippen molar-refractivity contribution in [2.75, 3.05) is 33.4 Å². The van der Waals surface area contributed by atoms with Crippen LogP contribution >= 0.6 is 0 Å². The molecule has 2 heterocycles. The molecule has 1 amide bonds. The summed E-state index contributed by atoms with van der Waals surface area (Å²) >= 11 is 0. The maximum absolute atomic E-state index is 13.9. The van der Waals surface area contributed by atoms with E-state index in [9.17, 15) is 32.7 Å². The highest BCUT2D eigenvalue weighted by atomic mass is 19.1. The van der Waals surface area contributed by atoms with E-state index in [2.05, 4.69) is 4.98 Å². The zero-order valence-electron chi connectivity index (χ0n) is 21.9. The van der Waals surface area contributed by atoms with Crippen molar-refractivity contribution in [2.24, 2.45) is 5.41 Å². The second-order valence-electron chi connectivity index (χ2n) is 9.88. The molecular weight excluding hydrogens is 534 g/mol. The molecule has 3 N–H and O–H groups in total. The Labute approximate surface area is 228 Å². The SMILES string of the molecule is COc1ccc2ncc(CF)c([C@H](O)CCC3(C(=O)NO)CCN(CCOc4c(F)cc(F)cc4F)CC3)c2c1. The summed E-state index contributed by atoms with van der Waals surface area (Å²) in [5.41, 5.74) is 1.91. The Morgan fingerprint density at radius 2 is 1.88 bits per heavy atom. The third-order valence-corrected chi connectivity index (χ3v) is 7.59. The number of methoxy groups -OCH3 is 1. The largest absolute Gasteiger partial charge is 0.497 e. The highest BCUT2D eigenvalue weighted by Gasteiger charge is 2.41. The number of aromatic nitrogens is 1. The number of aliphatic hydroxyl groups excluding tert-OH is 1. The Morgan fingerprint density at radius 3 is 2.50 bits per heavy atom. The van der Waals surface area contributed by atoms with E-state index in [0.29, 0.717) is 66.8 Å². The molecule has 40 heavy (non-hydrogen) atoms. The Kier molecular flexibility index (Phi) is 9.44. The Balaban J connectivity index is 1.42. The van der Waals surface area contributed by atoms with E-state index < -0.39 is 47.3 Å². The fraction of sp³-hybridized carbons (Fsp3) is 0.429. The van der Waals surface area contributed by atoms with Gasteiger partial charge in [0.1, 0.15) is 24.8 Å². The second kappa shape index (κ2) is 12.8. The number of carbonyl (C=O) groups excluding carboxylic acids is 1. The predicted molar refractivity (Wildman–Crippen MR) is 137 cm³/mol.